The van der Waals surface area contributed by atoms with E-state index in [1.54, 1.807) is 6.07 Å². The van der Waals surface area contributed by atoms with Gasteiger partial charge in [0.05, 0.1) is 11.1 Å². The van der Waals surface area contributed by atoms with Crippen LogP contribution in [0, 0.1) is 5.82 Å². The van der Waals surface area contributed by atoms with Crippen LogP contribution in [0.3, 0.4) is 0 Å². The number of rotatable bonds is 7. The summed E-state index contributed by atoms with van der Waals surface area (Å²) in [6.07, 6.45) is 0. The zero-order chi connectivity index (χ0) is 15.1. The third kappa shape index (κ3) is 4.63. The van der Waals surface area contributed by atoms with E-state index < -0.39 is 0 Å². The zero-order valence-electron chi connectivity index (χ0n) is 11.6. The Bertz CT molecular complexity index is 589. The Kier molecular flexibility index (Phi) is 5.87. The number of ether oxygens (including phenoxy) is 3. The molecule has 112 valence electrons. The van der Waals surface area contributed by atoms with Crippen molar-refractivity contribution in [2.45, 2.75) is 6.92 Å². The Hall–Kier alpha value is -1.75. The highest BCUT2D eigenvalue weighted by Crippen LogP contribution is 2.27. The predicted octanol–water partition coefficient (Wildman–Crippen LogP) is 4.44. The first-order valence-corrected chi connectivity index (χ1v) is 7.42. The summed E-state index contributed by atoms with van der Waals surface area (Å²) in [6.45, 7) is 3.23. The van der Waals surface area contributed by atoms with Crippen molar-refractivity contribution in [3.63, 3.8) is 0 Å². The van der Waals surface area contributed by atoms with Gasteiger partial charge in [-0.25, -0.2) is 4.39 Å². The van der Waals surface area contributed by atoms with Crippen LogP contribution in [0.2, 0.25) is 0 Å². The van der Waals surface area contributed by atoms with Gasteiger partial charge in [-0.05, 0) is 53.2 Å². The second kappa shape index (κ2) is 7.88. The standard InChI is InChI=1S/C16H16BrFO3/c1-2-19-15-5-3-4-6-16(15)21-10-9-20-14-8-7-12(18)11-13(14)17/h3-8,11H,2,9-10H2,1H3. The van der Waals surface area contributed by atoms with Crippen LogP contribution in [-0.2, 0) is 0 Å². The second-order valence-corrected chi connectivity index (χ2v) is 5.01. The lowest BCUT2D eigenvalue weighted by atomic mass is 10.3. The molecule has 0 aliphatic heterocycles. The average molecular weight is 355 g/mol. The zero-order valence-corrected chi connectivity index (χ0v) is 13.2. The van der Waals surface area contributed by atoms with Crippen LogP contribution in [0.1, 0.15) is 6.92 Å². The minimum absolute atomic E-state index is 0.309. The van der Waals surface area contributed by atoms with E-state index in [9.17, 15) is 4.39 Å². The molecule has 0 radical (unpaired) electrons. The van der Waals surface area contributed by atoms with Crippen molar-refractivity contribution in [1.82, 2.24) is 0 Å². The van der Waals surface area contributed by atoms with Crippen molar-refractivity contribution in [1.29, 1.82) is 0 Å². The fraction of sp³-hybridized carbons (Fsp3) is 0.250. The molecule has 2 aromatic rings. The summed E-state index contributed by atoms with van der Waals surface area (Å²) in [5.41, 5.74) is 0. The normalized spacial score (nSPS) is 10.2. The van der Waals surface area contributed by atoms with Crippen molar-refractivity contribution >= 4 is 15.9 Å². The van der Waals surface area contributed by atoms with Crippen LogP contribution in [-0.4, -0.2) is 19.8 Å². The lowest BCUT2D eigenvalue weighted by Gasteiger charge is -2.12. The molecule has 0 fully saturated rings. The number of benzene rings is 2. The fourth-order valence-electron chi connectivity index (χ4n) is 1.74. The summed E-state index contributed by atoms with van der Waals surface area (Å²) < 4.78 is 30.2. The molecule has 0 N–H and O–H groups in total. The highest BCUT2D eigenvalue weighted by atomic mass is 79.9. The van der Waals surface area contributed by atoms with Crippen molar-refractivity contribution < 1.29 is 18.6 Å². The number of hydrogen-bond acceptors (Lipinski definition) is 3. The number of hydrogen-bond donors (Lipinski definition) is 0. The van der Waals surface area contributed by atoms with E-state index in [-0.39, 0.29) is 5.82 Å². The van der Waals surface area contributed by atoms with Crippen LogP contribution in [0.15, 0.2) is 46.9 Å². The lowest BCUT2D eigenvalue weighted by molar-refractivity contribution is 0.207. The SMILES string of the molecule is CCOc1ccccc1OCCOc1ccc(F)cc1Br. The van der Waals surface area contributed by atoms with Gasteiger partial charge in [-0.1, -0.05) is 12.1 Å². The van der Waals surface area contributed by atoms with Gasteiger partial charge >= 0.3 is 0 Å². The van der Waals surface area contributed by atoms with Crippen LogP contribution >= 0.6 is 15.9 Å². The predicted molar refractivity (Wildman–Crippen MR) is 82.7 cm³/mol. The molecule has 21 heavy (non-hydrogen) atoms. The van der Waals surface area contributed by atoms with Gasteiger partial charge in [-0.2, -0.15) is 0 Å². The number of halogens is 2. The second-order valence-electron chi connectivity index (χ2n) is 4.15. The van der Waals surface area contributed by atoms with E-state index in [0.717, 1.165) is 0 Å². The molecule has 0 atom stereocenters. The highest BCUT2D eigenvalue weighted by molar-refractivity contribution is 9.10. The van der Waals surface area contributed by atoms with Crippen molar-refractivity contribution in [3.8, 4) is 17.2 Å². The summed E-state index contributed by atoms with van der Waals surface area (Å²) in [4.78, 5) is 0. The molecule has 0 saturated heterocycles. The van der Waals surface area contributed by atoms with E-state index in [2.05, 4.69) is 15.9 Å². The molecule has 0 unspecified atom stereocenters. The fourth-order valence-corrected chi connectivity index (χ4v) is 2.20. The van der Waals surface area contributed by atoms with Gasteiger partial charge in [-0.3, -0.25) is 0 Å². The number of para-hydroxylation sites is 2. The Morgan fingerprint density at radius 1 is 0.905 bits per heavy atom. The molecule has 5 heteroatoms. The Balaban J connectivity index is 1.84. The van der Waals surface area contributed by atoms with Gasteiger partial charge in [-0.15, -0.1) is 0 Å². The lowest BCUT2D eigenvalue weighted by Crippen LogP contribution is -2.10. The van der Waals surface area contributed by atoms with Gasteiger partial charge < -0.3 is 14.2 Å². The maximum atomic E-state index is 13.0. The van der Waals surface area contributed by atoms with E-state index in [1.165, 1.54) is 12.1 Å². The Labute approximate surface area is 131 Å². The quantitative estimate of drug-likeness (QED) is 0.687. The summed E-state index contributed by atoms with van der Waals surface area (Å²) in [5, 5.41) is 0. The first-order valence-electron chi connectivity index (χ1n) is 6.63. The molecule has 0 spiro atoms. The minimum atomic E-state index is -0.309. The van der Waals surface area contributed by atoms with Crippen LogP contribution in [0.25, 0.3) is 0 Å². The van der Waals surface area contributed by atoms with Gasteiger partial charge in [0.25, 0.3) is 0 Å². The summed E-state index contributed by atoms with van der Waals surface area (Å²) in [7, 11) is 0. The Morgan fingerprint density at radius 3 is 2.14 bits per heavy atom. The van der Waals surface area contributed by atoms with Gasteiger partial charge in [0.15, 0.2) is 11.5 Å². The molecule has 0 saturated carbocycles. The molecule has 3 nitrogen and oxygen atoms in total. The summed E-state index contributed by atoms with van der Waals surface area (Å²) >= 11 is 3.25. The monoisotopic (exact) mass is 354 g/mol. The topological polar surface area (TPSA) is 27.7 Å². The average Bonchev–Trinajstić information content (AvgIpc) is 2.47. The molecule has 0 aromatic heterocycles. The molecule has 0 amide bonds. The van der Waals surface area contributed by atoms with E-state index in [1.807, 2.05) is 31.2 Å². The van der Waals surface area contributed by atoms with Crippen molar-refractivity contribution in [2.24, 2.45) is 0 Å². The third-order valence-corrected chi connectivity index (χ3v) is 3.26. The molecule has 0 heterocycles. The first-order chi connectivity index (χ1) is 10.2. The van der Waals surface area contributed by atoms with Gasteiger partial charge in [0.1, 0.15) is 24.8 Å². The molecule has 0 aliphatic rings. The summed E-state index contributed by atoms with van der Waals surface area (Å²) in [5.74, 6) is 1.67. The van der Waals surface area contributed by atoms with Crippen molar-refractivity contribution in [3.05, 3.63) is 52.8 Å². The smallest absolute Gasteiger partial charge is 0.161 e. The molecule has 2 aromatic carbocycles. The maximum Gasteiger partial charge on any atom is 0.161 e. The first kappa shape index (κ1) is 15.6. The van der Waals surface area contributed by atoms with Crippen LogP contribution < -0.4 is 14.2 Å². The molecular weight excluding hydrogens is 339 g/mol. The largest absolute Gasteiger partial charge is 0.490 e. The maximum absolute atomic E-state index is 13.0. The van der Waals surface area contributed by atoms with E-state index in [4.69, 9.17) is 14.2 Å². The van der Waals surface area contributed by atoms with Gasteiger partial charge in [0.2, 0.25) is 0 Å². The Morgan fingerprint density at radius 2 is 1.52 bits per heavy atom. The van der Waals surface area contributed by atoms with Crippen molar-refractivity contribution in [2.75, 3.05) is 19.8 Å². The van der Waals surface area contributed by atoms with Crippen LogP contribution in [0.5, 0.6) is 17.2 Å². The van der Waals surface area contributed by atoms with E-state index in [0.29, 0.717) is 41.5 Å². The third-order valence-electron chi connectivity index (χ3n) is 2.64. The summed E-state index contributed by atoms with van der Waals surface area (Å²) in [6, 6.07) is 11.8. The molecule has 0 bridgehead atoms. The molecule has 0 aliphatic carbocycles. The minimum Gasteiger partial charge on any atom is -0.490 e. The highest BCUT2D eigenvalue weighted by Gasteiger charge is 2.05. The van der Waals surface area contributed by atoms with Gasteiger partial charge in [0, 0.05) is 0 Å². The van der Waals surface area contributed by atoms with Crippen LogP contribution in [0.4, 0.5) is 4.39 Å². The van der Waals surface area contributed by atoms with E-state index >= 15 is 0 Å². The molecule has 2 rings (SSSR count). The molecular formula is C16H16BrFO3.